The molecule has 1 aromatic heterocycles. The van der Waals surface area contributed by atoms with Crippen LogP contribution >= 0.6 is 27.3 Å². The molecule has 0 aliphatic rings. The average Bonchev–Trinajstić information content (AvgIpc) is 2.70. The number of hydrogen-bond donors (Lipinski definition) is 0. The predicted molar refractivity (Wildman–Crippen MR) is 82.3 cm³/mol. The van der Waals surface area contributed by atoms with Crippen LogP contribution < -0.4 is 0 Å². The first-order valence-corrected chi connectivity index (χ1v) is 7.65. The molecule has 0 saturated carbocycles. The van der Waals surface area contributed by atoms with E-state index in [4.69, 9.17) is 0 Å². The third kappa shape index (κ3) is 3.22. The number of nitro benzene ring substituents is 1. The van der Waals surface area contributed by atoms with Crippen LogP contribution in [0.3, 0.4) is 0 Å². The maximum absolute atomic E-state index is 11.0. The lowest BCUT2D eigenvalue weighted by molar-refractivity contribution is -0.385. The molecule has 1 atom stereocenters. The molecule has 0 bridgehead atoms. The van der Waals surface area contributed by atoms with E-state index in [0.29, 0.717) is 6.42 Å². The Labute approximate surface area is 124 Å². The lowest BCUT2D eigenvalue weighted by atomic mass is 10.1. The van der Waals surface area contributed by atoms with Gasteiger partial charge in [-0.3, -0.25) is 10.1 Å². The minimum absolute atomic E-state index is 0.117. The third-order valence-corrected chi connectivity index (χ3v) is 5.47. The molecule has 100 valence electrons. The van der Waals surface area contributed by atoms with Crippen molar-refractivity contribution < 1.29 is 4.92 Å². The van der Waals surface area contributed by atoms with Gasteiger partial charge in [0.2, 0.25) is 0 Å². The van der Waals surface area contributed by atoms with Gasteiger partial charge in [0.05, 0.1) is 9.75 Å². The minimum Gasteiger partial charge on any atom is -0.258 e. The van der Waals surface area contributed by atoms with Gasteiger partial charge in [0.1, 0.15) is 0 Å². The summed E-state index contributed by atoms with van der Waals surface area (Å²) in [6, 6.07) is 9.06. The van der Waals surface area contributed by atoms with Crippen LogP contribution in [0.1, 0.15) is 25.7 Å². The fourth-order valence-corrected chi connectivity index (χ4v) is 3.69. The lowest BCUT2D eigenvalue weighted by Crippen LogP contribution is -1.98. The minimum atomic E-state index is -0.319. The van der Waals surface area contributed by atoms with E-state index in [2.05, 4.69) is 35.8 Å². The largest absolute Gasteiger partial charge is 0.272 e. The van der Waals surface area contributed by atoms with Gasteiger partial charge in [0, 0.05) is 21.4 Å². The highest BCUT2D eigenvalue weighted by atomic mass is 79.9. The van der Waals surface area contributed by atoms with Crippen molar-refractivity contribution in [3.05, 3.63) is 61.3 Å². The van der Waals surface area contributed by atoms with E-state index in [-0.39, 0.29) is 15.4 Å². The number of aryl methyl sites for hydroxylation is 2. The van der Waals surface area contributed by atoms with Crippen molar-refractivity contribution in [1.29, 1.82) is 0 Å². The number of alkyl halides is 1. The molecule has 2 rings (SSSR count). The van der Waals surface area contributed by atoms with Crippen molar-refractivity contribution in [3.8, 4) is 0 Å². The maximum atomic E-state index is 11.0. The second-order valence-electron chi connectivity index (χ2n) is 4.45. The van der Waals surface area contributed by atoms with E-state index >= 15 is 0 Å². The molecular formula is C14H14BrNO2S. The topological polar surface area (TPSA) is 43.1 Å². The summed E-state index contributed by atoms with van der Waals surface area (Å²) in [6.07, 6.45) is 0.622. The van der Waals surface area contributed by atoms with E-state index in [1.807, 2.05) is 12.1 Å². The molecule has 0 spiro atoms. The molecule has 1 unspecified atom stereocenters. The zero-order valence-electron chi connectivity index (χ0n) is 10.7. The van der Waals surface area contributed by atoms with Crippen LogP contribution in [0.2, 0.25) is 0 Å². The Bertz CT molecular complexity index is 590. The summed E-state index contributed by atoms with van der Waals surface area (Å²) in [6.45, 7) is 4.17. The van der Waals surface area contributed by atoms with Gasteiger partial charge in [-0.15, -0.1) is 11.3 Å². The van der Waals surface area contributed by atoms with E-state index in [9.17, 15) is 10.1 Å². The van der Waals surface area contributed by atoms with Crippen LogP contribution in [0.25, 0.3) is 0 Å². The Morgan fingerprint density at radius 3 is 2.63 bits per heavy atom. The highest BCUT2D eigenvalue weighted by Crippen LogP contribution is 2.35. The Balaban J connectivity index is 2.24. The Hall–Kier alpha value is -1.20. The summed E-state index contributed by atoms with van der Waals surface area (Å²) in [4.78, 5) is 13.3. The molecule has 0 fully saturated rings. The first-order valence-electron chi connectivity index (χ1n) is 5.92. The molecule has 0 aliphatic heterocycles. The molecule has 0 saturated heterocycles. The first kappa shape index (κ1) is 14.2. The maximum Gasteiger partial charge on any atom is 0.272 e. The average molecular weight is 340 g/mol. The molecule has 0 N–H and O–H groups in total. The summed E-state index contributed by atoms with van der Waals surface area (Å²) >= 11 is 5.38. The fraction of sp³-hybridized carbons (Fsp3) is 0.286. The summed E-state index contributed by atoms with van der Waals surface area (Å²) < 4.78 is 0. The molecular weight excluding hydrogens is 326 g/mol. The number of thiophene rings is 1. The van der Waals surface area contributed by atoms with Gasteiger partial charge in [0.25, 0.3) is 5.69 Å². The number of halogens is 1. The van der Waals surface area contributed by atoms with Gasteiger partial charge >= 0.3 is 0 Å². The zero-order chi connectivity index (χ0) is 14.0. The van der Waals surface area contributed by atoms with Crippen molar-refractivity contribution in [3.63, 3.8) is 0 Å². The van der Waals surface area contributed by atoms with Gasteiger partial charge in [-0.25, -0.2) is 0 Å². The standard InChI is InChI=1S/C14H14BrNO2S/c1-9-7-14(19-10(9)2)12(15)8-11-5-3-4-6-13(11)16(17)18/h3-7,12H,8H2,1-2H3. The van der Waals surface area contributed by atoms with Crippen LogP contribution in [-0.4, -0.2) is 4.92 Å². The van der Waals surface area contributed by atoms with Gasteiger partial charge in [-0.05, 0) is 31.9 Å². The monoisotopic (exact) mass is 339 g/mol. The normalized spacial score (nSPS) is 12.4. The summed E-state index contributed by atoms with van der Waals surface area (Å²) in [7, 11) is 0. The fourth-order valence-electron chi connectivity index (χ4n) is 1.91. The quantitative estimate of drug-likeness (QED) is 0.449. The van der Waals surface area contributed by atoms with Crippen molar-refractivity contribution in [1.82, 2.24) is 0 Å². The van der Waals surface area contributed by atoms with Crippen molar-refractivity contribution in [2.45, 2.75) is 25.1 Å². The summed E-state index contributed by atoms with van der Waals surface area (Å²) in [5.74, 6) is 0. The molecule has 2 aromatic rings. The number of para-hydroxylation sites is 1. The molecule has 3 nitrogen and oxygen atoms in total. The van der Waals surface area contributed by atoms with Crippen LogP contribution in [0.15, 0.2) is 30.3 Å². The van der Waals surface area contributed by atoms with E-state index in [0.717, 1.165) is 5.56 Å². The smallest absolute Gasteiger partial charge is 0.258 e. The molecule has 1 aromatic carbocycles. The number of hydrogen-bond acceptors (Lipinski definition) is 3. The zero-order valence-corrected chi connectivity index (χ0v) is 13.1. The second kappa shape index (κ2) is 5.84. The number of nitro groups is 1. The number of nitrogens with zero attached hydrogens (tertiary/aromatic N) is 1. The highest BCUT2D eigenvalue weighted by molar-refractivity contribution is 9.09. The van der Waals surface area contributed by atoms with Crippen molar-refractivity contribution in [2.24, 2.45) is 0 Å². The number of benzene rings is 1. The predicted octanol–water partition coefficient (Wildman–Crippen LogP) is 4.95. The van der Waals surface area contributed by atoms with Crippen LogP contribution in [0, 0.1) is 24.0 Å². The molecule has 5 heteroatoms. The molecule has 0 aliphatic carbocycles. The van der Waals surface area contributed by atoms with E-state index in [1.165, 1.54) is 15.3 Å². The lowest BCUT2D eigenvalue weighted by Gasteiger charge is -2.08. The Morgan fingerprint density at radius 2 is 2.05 bits per heavy atom. The Kier molecular flexibility index (Phi) is 4.37. The van der Waals surface area contributed by atoms with Crippen LogP contribution in [0.4, 0.5) is 5.69 Å². The van der Waals surface area contributed by atoms with Crippen molar-refractivity contribution >= 4 is 33.0 Å². The van der Waals surface area contributed by atoms with Crippen LogP contribution in [-0.2, 0) is 6.42 Å². The van der Waals surface area contributed by atoms with Crippen molar-refractivity contribution in [2.75, 3.05) is 0 Å². The SMILES string of the molecule is Cc1cc(C(Br)Cc2ccccc2[N+](=O)[O-])sc1C. The van der Waals surface area contributed by atoms with Gasteiger partial charge in [0.15, 0.2) is 0 Å². The Morgan fingerprint density at radius 1 is 1.37 bits per heavy atom. The van der Waals surface area contributed by atoms with E-state index in [1.54, 1.807) is 23.5 Å². The second-order valence-corrected chi connectivity index (χ2v) is 6.84. The highest BCUT2D eigenvalue weighted by Gasteiger charge is 2.18. The van der Waals surface area contributed by atoms with E-state index < -0.39 is 0 Å². The number of rotatable bonds is 4. The molecule has 0 radical (unpaired) electrons. The van der Waals surface area contributed by atoms with Gasteiger partial charge in [-0.2, -0.15) is 0 Å². The van der Waals surface area contributed by atoms with Gasteiger partial charge in [-0.1, -0.05) is 34.1 Å². The molecule has 1 heterocycles. The molecule has 0 amide bonds. The molecule has 19 heavy (non-hydrogen) atoms. The van der Waals surface area contributed by atoms with Crippen LogP contribution in [0.5, 0.6) is 0 Å². The third-order valence-electron chi connectivity index (χ3n) is 3.08. The first-order chi connectivity index (χ1) is 8.99. The van der Waals surface area contributed by atoms with Gasteiger partial charge < -0.3 is 0 Å². The summed E-state index contributed by atoms with van der Waals surface area (Å²) in [5.41, 5.74) is 2.22. The summed E-state index contributed by atoms with van der Waals surface area (Å²) in [5, 5.41) is 11.0.